The van der Waals surface area contributed by atoms with E-state index < -0.39 is 6.10 Å². The number of aliphatic hydroxyl groups excluding tert-OH is 1. The van der Waals surface area contributed by atoms with Gasteiger partial charge < -0.3 is 24.7 Å². The lowest BCUT2D eigenvalue weighted by Gasteiger charge is -2.12. The Hall–Kier alpha value is -1.50. The molecule has 3 N–H and O–H groups in total. The van der Waals surface area contributed by atoms with Gasteiger partial charge in [0.1, 0.15) is 11.9 Å². The topological polar surface area (TPSA) is 74.9 Å². The molecule has 0 aliphatic carbocycles. The Morgan fingerprint density at radius 1 is 1.45 bits per heavy atom. The summed E-state index contributed by atoms with van der Waals surface area (Å²) >= 11 is 3.38. The highest BCUT2D eigenvalue weighted by atomic mass is 79.9. The molecule has 0 aliphatic rings. The van der Waals surface area contributed by atoms with E-state index in [1.54, 1.807) is 24.3 Å². The van der Waals surface area contributed by atoms with Gasteiger partial charge in [0.05, 0.1) is 13.4 Å². The summed E-state index contributed by atoms with van der Waals surface area (Å²) in [5, 5.41) is 22.6. The maximum atomic E-state index is 9.87. The van der Waals surface area contributed by atoms with Crippen molar-refractivity contribution in [2.24, 2.45) is 0 Å². The first-order valence-corrected chi connectivity index (χ1v) is 6.88. The lowest BCUT2D eigenvalue weighted by atomic mass is 10.2. The number of hydrogen-bond acceptors (Lipinski definition) is 5. The Bertz CT molecular complexity index is 557. The summed E-state index contributed by atoms with van der Waals surface area (Å²) in [4.78, 5) is 0. The summed E-state index contributed by atoms with van der Waals surface area (Å²) in [6.45, 7) is 0.887. The summed E-state index contributed by atoms with van der Waals surface area (Å²) < 4.78 is 11.0. The number of rotatable bonds is 6. The maximum Gasteiger partial charge on any atom is 0.160 e. The summed E-state index contributed by atoms with van der Waals surface area (Å²) in [5.41, 5.74) is 0.922. The SMILES string of the molecule is COc1cc(CNCC(O)c2ccco2)c(Br)cc1O. The smallest absolute Gasteiger partial charge is 0.160 e. The van der Waals surface area contributed by atoms with Gasteiger partial charge >= 0.3 is 0 Å². The van der Waals surface area contributed by atoms with Crippen LogP contribution in [-0.2, 0) is 6.54 Å². The van der Waals surface area contributed by atoms with E-state index in [-0.39, 0.29) is 5.75 Å². The molecular formula is C14H16BrNO4. The third-order valence-electron chi connectivity index (χ3n) is 2.87. The molecular weight excluding hydrogens is 326 g/mol. The second-order valence-corrected chi connectivity index (χ2v) is 5.13. The zero-order valence-electron chi connectivity index (χ0n) is 11.0. The molecule has 0 radical (unpaired) electrons. The van der Waals surface area contributed by atoms with Gasteiger partial charge in [0.2, 0.25) is 0 Å². The van der Waals surface area contributed by atoms with Crippen LogP contribution < -0.4 is 10.1 Å². The van der Waals surface area contributed by atoms with Crippen molar-refractivity contribution in [1.29, 1.82) is 0 Å². The van der Waals surface area contributed by atoms with E-state index in [4.69, 9.17) is 9.15 Å². The fourth-order valence-corrected chi connectivity index (χ4v) is 2.28. The first-order valence-electron chi connectivity index (χ1n) is 6.09. The third kappa shape index (κ3) is 3.53. The summed E-state index contributed by atoms with van der Waals surface area (Å²) in [6, 6.07) is 6.79. The van der Waals surface area contributed by atoms with Crippen LogP contribution in [0, 0.1) is 0 Å². The van der Waals surface area contributed by atoms with Gasteiger partial charge in [-0.05, 0) is 29.8 Å². The Morgan fingerprint density at radius 2 is 2.25 bits per heavy atom. The number of benzene rings is 1. The molecule has 1 atom stereocenters. The van der Waals surface area contributed by atoms with Gasteiger partial charge in [-0.25, -0.2) is 0 Å². The molecule has 1 heterocycles. The molecule has 0 saturated carbocycles. The molecule has 2 aromatic rings. The predicted molar refractivity (Wildman–Crippen MR) is 77.7 cm³/mol. The van der Waals surface area contributed by atoms with Gasteiger partial charge in [-0.2, -0.15) is 0 Å². The Kier molecular flexibility index (Phi) is 5.05. The van der Waals surface area contributed by atoms with Gasteiger partial charge in [-0.3, -0.25) is 0 Å². The van der Waals surface area contributed by atoms with E-state index in [0.29, 0.717) is 24.6 Å². The summed E-state index contributed by atoms with van der Waals surface area (Å²) in [5.74, 6) is 1.02. The van der Waals surface area contributed by atoms with Crippen LogP contribution in [0.25, 0.3) is 0 Å². The first-order chi connectivity index (χ1) is 9.61. The number of furan rings is 1. The molecule has 0 spiro atoms. The molecule has 0 amide bonds. The molecule has 1 aromatic heterocycles. The predicted octanol–water partition coefficient (Wildman–Crippen LogP) is 2.58. The number of halogens is 1. The average molecular weight is 342 g/mol. The van der Waals surface area contributed by atoms with Crippen LogP contribution in [0.5, 0.6) is 11.5 Å². The van der Waals surface area contributed by atoms with Crippen molar-refractivity contribution >= 4 is 15.9 Å². The monoisotopic (exact) mass is 341 g/mol. The van der Waals surface area contributed by atoms with Gasteiger partial charge in [-0.1, -0.05) is 15.9 Å². The molecule has 0 bridgehead atoms. The number of hydrogen-bond donors (Lipinski definition) is 3. The highest BCUT2D eigenvalue weighted by molar-refractivity contribution is 9.10. The number of phenolic OH excluding ortho intramolecular Hbond substituents is 1. The number of methoxy groups -OCH3 is 1. The number of aliphatic hydroxyl groups is 1. The normalized spacial score (nSPS) is 12.3. The number of ether oxygens (including phenoxy) is 1. The molecule has 108 valence electrons. The minimum Gasteiger partial charge on any atom is -0.504 e. The van der Waals surface area contributed by atoms with Crippen LogP contribution in [0.15, 0.2) is 39.4 Å². The van der Waals surface area contributed by atoms with Crippen LogP contribution in [0.2, 0.25) is 0 Å². The summed E-state index contributed by atoms with van der Waals surface area (Å²) in [6.07, 6.45) is 0.836. The van der Waals surface area contributed by atoms with Gasteiger partial charge in [-0.15, -0.1) is 0 Å². The quantitative estimate of drug-likeness (QED) is 0.752. The van der Waals surface area contributed by atoms with E-state index in [1.807, 2.05) is 0 Å². The third-order valence-corrected chi connectivity index (χ3v) is 3.61. The second-order valence-electron chi connectivity index (χ2n) is 4.28. The van der Waals surface area contributed by atoms with Crippen molar-refractivity contribution in [2.75, 3.05) is 13.7 Å². The summed E-state index contributed by atoms with van der Waals surface area (Å²) in [7, 11) is 1.50. The molecule has 6 heteroatoms. The van der Waals surface area contributed by atoms with Crippen LogP contribution in [0.3, 0.4) is 0 Å². The van der Waals surface area contributed by atoms with Crippen molar-refractivity contribution in [3.8, 4) is 11.5 Å². The molecule has 1 aromatic carbocycles. The molecule has 2 rings (SSSR count). The van der Waals surface area contributed by atoms with E-state index in [2.05, 4.69) is 21.2 Å². The van der Waals surface area contributed by atoms with E-state index in [1.165, 1.54) is 13.4 Å². The second kappa shape index (κ2) is 6.78. The van der Waals surface area contributed by atoms with Crippen molar-refractivity contribution in [3.63, 3.8) is 0 Å². The molecule has 0 aliphatic heterocycles. The molecule has 5 nitrogen and oxygen atoms in total. The average Bonchev–Trinajstić information content (AvgIpc) is 2.95. The molecule has 20 heavy (non-hydrogen) atoms. The highest BCUT2D eigenvalue weighted by Crippen LogP contribution is 2.32. The Balaban J connectivity index is 1.94. The van der Waals surface area contributed by atoms with Crippen LogP contribution in [-0.4, -0.2) is 23.9 Å². The fraction of sp³-hybridized carbons (Fsp3) is 0.286. The maximum absolute atomic E-state index is 9.87. The minimum absolute atomic E-state index is 0.0822. The lowest BCUT2D eigenvalue weighted by molar-refractivity contribution is 0.147. The van der Waals surface area contributed by atoms with E-state index >= 15 is 0 Å². The number of nitrogens with one attached hydrogen (secondary N) is 1. The zero-order valence-corrected chi connectivity index (χ0v) is 12.6. The Morgan fingerprint density at radius 3 is 2.90 bits per heavy atom. The number of phenols is 1. The van der Waals surface area contributed by atoms with Gasteiger partial charge in [0, 0.05) is 17.6 Å². The molecule has 1 unspecified atom stereocenters. The first kappa shape index (κ1) is 14.9. The van der Waals surface area contributed by atoms with Crippen molar-refractivity contribution in [2.45, 2.75) is 12.6 Å². The van der Waals surface area contributed by atoms with Crippen LogP contribution in [0.1, 0.15) is 17.4 Å². The van der Waals surface area contributed by atoms with Gasteiger partial charge in [0.25, 0.3) is 0 Å². The van der Waals surface area contributed by atoms with E-state index in [9.17, 15) is 10.2 Å². The Labute approximate surface area is 125 Å². The zero-order chi connectivity index (χ0) is 14.5. The largest absolute Gasteiger partial charge is 0.504 e. The van der Waals surface area contributed by atoms with Crippen LogP contribution in [0.4, 0.5) is 0 Å². The molecule has 0 fully saturated rings. The standard InChI is InChI=1S/C14H16BrNO4/c1-19-14-5-9(10(15)6-11(14)17)7-16-8-12(18)13-3-2-4-20-13/h2-6,12,16-18H,7-8H2,1H3. The van der Waals surface area contributed by atoms with Crippen molar-refractivity contribution in [1.82, 2.24) is 5.32 Å². The highest BCUT2D eigenvalue weighted by Gasteiger charge is 2.11. The minimum atomic E-state index is -0.692. The number of aromatic hydroxyl groups is 1. The van der Waals surface area contributed by atoms with Gasteiger partial charge in [0.15, 0.2) is 11.5 Å². The fourth-order valence-electron chi connectivity index (χ4n) is 1.81. The lowest BCUT2D eigenvalue weighted by Crippen LogP contribution is -2.21. The van der Waals surface area contributed by atoms with Crippen molar-refractivity contribution in [3.05, 3.63) is 46.3 Å². The molecule has 0 saturated heterocycles. The van der Waals surface area contributed by atoms with E-state index in [0.717, 1.165) is 10.0 Å². The van der Waals surface area contributed by atoms with Crippen molar-refractivity contribution < 1.29 is 19.4 Å². The van der Waals surface area contributed by atoms with Crippen LogP contribution >= 0.6 is 15.9 Å².